The van der Waals surface area contributed by atoms with Crippen molar-refractivity contribution in [1.29, 1.82) is 0 Å². The summed E-state index contributed by atoms with van der Waals surface area (Å²) < 4.78 is 0. The van der Waals surface area contributed by atoms with Crippen LogP contribution in [-0.2, 0) is 4.79 Å². The van der Waals surface area contributed by atoms with Crippen molar-refractivity contribution < 1.29 is 9.59 Å². The smallest absolute Gasteiger partial charge is 0.252 e. The molecule has 1 aromatic heterocycles. The minimum atomic E-state index is -0.599. The molecule has 0 spiro atoms. The van der Waals surface area contributed by atoms with Crippen LogP contribution in [0.25, 0.3) is 0 Å². The third-order valence-electron chi connectivity index (χ3n) is 2.60. The van der Waals surface area contributed by atoms with E-state index in [1.54, 1.807) is 0 Å². The van der Waals surface area contributed by atoms with Crippen LogP contribution in [-0.4, -0.2) is 29.9 Å². The molecule has 2 amide bonds. The molecular weight excluding hydrogens is 301 g/mol. The summed E-state index contributed by atoms with van der Waals surface area (Å²) in [6.07, 6.45) is 0.540. The summed E-state index contributed by atoms with van der Waals surface area (Å²) in [7, 11) is 1.53. The lowest BCUT2D eigenvalue weighted by atomic mass is 10.0. The summed E-state index contributed by atoms with van der Waals surface area (Å²) in [5, 5.41) is 5.46. The van der Waals surface area contributed by atoms with E-state index in [-0.39, 0.29) is 27.7 Å². The molecule has 0 radical (unpaired) electrons. The number of likely N-dealkylation sites (N-methyl/N-ethyl adjacent to an activating group) is 1. The number of halogens is 2. The van der Waals surface area contributed by atoms with Crippen LogP contribution in [0.3, 0.4) is 0 Å². The van der Waals surface area contributed by atoms with Crippen LogP contribution in [0, 0.1) is 5.92 Å². The van der Waals surface area contributed by atoms with Crippen molar-refractivity contribution in [2.24, 2.45) is 5.92 Å². The molecule has 20 heavy (non-hydrogen) atoms. The van der Waals surface area contributed by atoms with Crippen molar-refractivity contribution in [2.45, 2.75) is 26.3 Å². The Morgan fingerprint density at radius 3 is 2.25 bits per heavy atom. The molecule has 0 aliphatic rings. The van der Waals surface area contributed by atoms with E-state index in [0.717, 1.165) is 0 Å². The lowest BCUT2D eigenvalue weighted by Gasteiger charge is -2.19. The maximum atomic E-state index is 12.1. The largest absolute Gasteiger partial charge is 0.357 e. The second kappa shape index (κ2) is 7.45. The number of nitrogens with one attached hydrogen (secondary N) is 2. The second-order valence-corrected chi connectivity index (χ2v) is 5.55. The van der Waals surface area contributed by atoms with Gasteiger partial charge in [0.1, 0.15) is 16.3 Å². The molecule has 0 saturated heterocycles. The van der Waals surface area contributed by atoms with E-state index in [1.807, 2.05) is 13.8 Å². The van der Waals surface area contributed by atoms with Crippen molar-refractivity contribution in [2.75, 3.05) is 7.05 Å². The van der Waals surface area contributed by atoms with E-state index in [1.165, 1.54) is 19.2 Å². The van der Waals surface area contributed by atoms with E-state index in [2.05, 4.69) is 15.6 Å². The zero-order chi connectivity index (χ0) is 15.3. The van der Waals surface area contributed by atoms with Gasteiger partial charge in [-0.15, -0.1) is 0 Å². The molecule has 2 N–H and O–H groups in total. The lowest BCUT2D eigenvalue weighted by molar-refractivity contribution is -0.122. The van der Waals surface area contributed by atoms with Crippen LogP contribution in [0.1, 0.15) is 30.6 Å². The van der Waals surface area contributed by atoms with Gasteiger partial charge in [0.05, 0.1) is 0 Å². The van der Waals surface area contributed by atoms with Crippen LogP contribution in [0.5, 0.6) is 0 Å². The molecule has 1 atom stereocenters. The van der Waals surface area contributed by atoms with Crippen molar-refractivity contribution in [3.8, 4) is 0 Å². The molecule has 0 aliphatic carbocycles. The Labute approximate surface area is 128 Å². The molecule has 7 heteroatoms. The predicted molar refractivity (Wildman–Crippen MR) is 79.0 cm³/mol. The Hall–Kier alpha value is -1.33. The molecular formula is C13H17Cl2N3O2. The van der Waals surface area contributed by atoms with E-state index in [9.17, 15) is 9.59 Å². The molecule has 1 heterocycles. The zero-order valence-electron chi connectivity index (χ0n) is 11.5. The monoisotopic (exact) mass is 317 g/mol. The van der Waals surface area contributed by atoms with E-state index in [4.69, 9.17) is 23.2 Å². The minimum Gasteiger partial charge on any atom is -0.357 e. The number of carbonyl (C=O) groups is 2. The first-order chi connectivity index (χ1) is 9.33. The fourth-order valence-corrected chi connectivity index (χ4v) is 2.18. The SMILES string of the molecule is CNC(=O)C(CC(C)C)NC(=O)c1cc(Cl)nc(Cl)c1. The molecule has 1 aromatic rings. The van der Waals surface area contributed by atoms with Crippen molar-refractivity contribution in [3.05, 3.63) is 28.0 Å². The highest BCUT2D eigenvalue weighted by molar-refractivity contribution is 6.33. The maximum absolute atomic E-state index is 12.1. The van der Waals surface area contributed by atoms with Gasteiger partial charge in [0.15, 0.2) is 0 Å². The molecule has 0 aliphatic heterocycles. The fourth-order valence-electron chi connectivity index (χ4n) is 1.71. The molecule has 5 nitrogen and oxygen atoms in total. The Bertz CT molecular complexity index is 486. The highest BCUT2D eigenvalue weighted by atomic mass is 35.5. The average Bonchev–Trinajstić information content (AvgIpc) is 2.35. The van der Waals surface area contributed by atoms with Gasteiger partial charge in [-0.3, -0.25) is 9.59 Å². The number of carbonyl (C=O) groups excluding carboxylic acids is 2. The Balaban J connectivity index is 2.87. The third-order valence-corrected chi connectivity index (χ3v) is 2.99. The molecule has 1 unspecified atom stereocenters. The molecule has 0 fully saturated rings. The van der Waals surface area contributed by atoms with Crippen LogP contribution >= 0.6 is 23.2 Å². The first-order valence-corrected chi connectivity index (χ1v) is 6.94. The molecule has 1 rings (SSSR count). The number of nitrogens with zero attached hydrogens (tertiary/aromatic N) is 1. The van der Waals surface area contributed by atoms with Gasteiger partial charge in [-0.25, -0.2) is 4.98 Å². The van der Waals surface area contributed by atoms with Crippen molar-refractivity contribution in [3.63, 3.8) is 0 Å². The summed E-state index contributed by atoms with van der Waals surface area (Å²) in [5.74, 6) is -0.383. The van der Waals surface area contributed by atoms with Gasteiger partial charge in [-0.2, -0.15) is 0 Å². The molecule has 110 valence electrons. The lowest BCUT2D eigenvalue weighted by Crippen LogP contribution is -2.46. The Morgan fingerprint density at radius 2 is 1.80 bits per heavy atom. The van der Waals surface area contributed by atoms with Gasteiger partial charge in [0.2, 0.25) is 5.91 Å². The second-order valence-electron chi connectivity index (χ2n) is 4.77. The highest BCUT2D eigenvalue weighted by Crippen LogP contribution is 2.15. The third kappa shape index (κ3) is 4.98. The first-order valence-electron chi connectivity index (χ1n) is 6.19. The zero-order valence-corrected chi connectivity index (χ0v) is 13.0. The normalized spacial score (nSPS) is 12.1. The van der Waals surface area contributed by atoms with Crippen LogP contribution in [0.15, 0.2) is 12.1 Å². The van der Waals surface area contributed by atoms with Gasteiger partial charge >= 0.3 is 0 Å². The summed E-state index contributed by atoms with van der Waals surface area (Å²) in [5.41, 5.74) is 0.271. The summed E-state index contributed by atoms with van der Waals surface area (Å²) >= 11 is 11.5. The number of amides is 2. The standard InChI is InChI=1S/C13H17Cl2N3O2/c1-7(2)4-9(13(20)16-3)17-12(19)8-5-10(14)18-11(15)6-8/h5-7,9H,4H2,1-3H3,(H,16,20)(H,17,19). The predicted octanol–water partition coefficient (Wildman–Crippen LogP) is 2.28. The summed E-state index contributed by atoms with van der Waals surface area (Å²) in [6, 6.07) is 2.20. The van der Waals surface area contributed by atoms with Gasteiger partial charge in [0, 0.05) is 12.6 Å². The quantitative estimate of drug-likeness (QED) is 0.818. The fraction of sp³-hybridized carbons (Fsp3) is 0.462. The summed E-state index contributed by atoms with van der Waals surface area (Å²) in [6.45, 7) is 3.95. The molecule has 0 saturated carbocycles. The molecule has 0 bridgehead atoms. The van der Waals surface area contributed by atoms with Crippen molar-refractivity contribution >= 4 is 35.0 Å². The number of hydrogen-bond donors (Lipinski definition) is 2. The van der Waals surface area contributed by atoms with Crippen LogP contribution in [0.2, 0.25) is 10.3 Å². The first kappa shape index (κ1) is 16.7. The van der Waals surface area contributed by atoms with E-state index in [0.29, 0.717) is 6.42 Å². The minimum absolute atomic E-state index is 0.128. The van der Waals surface area contributed by atoms with Gasteiger partial charge in [-0.1, -0.05) is 37.0 Å². The Kier molecular flexibility index (Phi) is 6.23. The van der Waals surface area contributed by atoms with Gasteiger partial charge < -0.3 is 10.6 Å². The number of aromatic nitrogens is 1. The van der Waals surface area contributed by atoms with Crippen LogP contribution < -0.4 is 10.6 Å². The van der Waals surface area contributed by atoms with Gasteiger partial charge in [-0.05, 0) is 24.5 Å². The van der Waals surface area contributed by atoms with E-state index < -0.39 is 11.9 Å². The number of pyridine rings is 1. The van der Waals surface area contributed by atoms with Crippen LogP contribution in [0.4, 0.5) is 0 Å². The van der Waals surface area contributed by atoms with E-state index >= 15 is 0 Å². The number of rotatable bonds is 5. The van der Waals surface area contributed by atoms with Gasteiger partial charge in [0.25, 0.3) is 5.91 Å². The Morgan fingerprint density at radius 1 is 1.25 bits per heavy atom. The molecule has 0 aromatic carbocycles. The van der Waals surface area contributed by atoms with Crippen molar-refractivity contribution in [1.82, 2.24) is 15.6 Å². The maximum Gasteiger partial charge on any atom is 0.252 e. The number of hydrogen-bond acceptors (Lipinski definition) is 3. The topological polar surface area (TPSA) is 71.1 Å². The average molecular weight is 318 g/mol. The highest BCUT2D eigenvalue weighted by Gasteiger charge is 2.21. The summed E-state index contributed by atoms with van der Waals surface area (Å²) in [4.78, 5) is 27.7.